The Morgan fingerprint density at radius 2 is 2.41 bits per heavy atom. The van der Waals surface area contributed by atoms with Gasteiger partial charge in [0.05, 0.1) is 6.54 Å². The summed E-state index contributed by atoms with van der Waals surface area (Å²) in [6, 6.07) is 1.85. The molecule has 0 radical (unpaired) electrons. The van der Waals surface area contributed by atoms with Crippen LogP contribution in [0.15, 0.2) is 12.3 Å². The maximum Gasteiger partial charge on any atom is 0.415 e. The van der Waals surface area contributed by atoms with Crippen molar-refractivity contribution in [2.24, 2.45) is 0 Å². The van der Waals surface area contributed by atoms with Gasteiger partial charge in [0.25, 0.3) is 0 Å². The van der Waals surface area contributed by atoms with Gasteiger partial charge in [-0.1, -0.05) is 26.2 Å². The molecular weight excluding hydrogens is 236 g/mol. The largest absolute Gasteiger partial charge is 0.444 e. The molecule has 0 spiro atoms. The molecule has 17 heavy (non-hydrogen) atoms. The van der Waals surface area contributed by atoms with Crippen LogP contribution in [0.4, 0.5) is 9.80 Å². The standard InChI is InChI=1S/C12H18N2O2S/c1-2-3-4-5-6-10-9-14(12(15)16-10)11-7-8-13-17-11/h7-8,10H,2-6,9H2,1H3/t10-/m1/s1. The van der Waals surface area contributed by atoms with Crippen LogP contribution in [0.25, 0.3) is 0 Å². The van der Waals surface area contributed by atoms with Gasteiger partial charge < -0.3 is 4.74 Å². The van der Waals surface area contributed by atoms with Gasteiger partial charge in [-0.3, -0.25) is 4.90 Å². The number of carbonyl (C=O) groups is 1. The first kappa shape index (κ1) is 12.4. The van der Waals surface area contributed by atoms with Crippen molar-refractivity contribution in [2.75, 3.05) is 11.4 Å². The van der Waals surface area contributed by atoms with E-state index in [1.165, 1.54) is 30.8 Å². The highest BCUT2D eigenvalue weighted by Crippen LogP contribution is 2.26. The number of hydrogen-bond acceptors (Lipinski definition) is 4. The summed E-state index contributed by atoms with van der Waals surface area (Å²) in [6.45, 7) is 2.87. The second-order valence-corrected chi connectivity index (χ2v) is 5.13. The highest BCUT2D eigenvalue weighted by atomic mass is 32.1. The molecule has 0 aromatic carbocycles. The van der Waals surface area contributed by atoms with Gasteiger partial charge in [-0.15, -0.1) is 0 Å². The molecule has 0 saturated carbocycles. The maximum atomic E-state index is 11.7. The van der Waals surface area contributed by atoms with Gasteiger partial charge in [0.15, 0.2) is 0 Å². The summed E-state index contributed by atoms with van der Waals surface area (Å²) < 4.78 is 9.35. The number of unbranched alkanes of at least 4 members (excludes halogenated alkanes) is 3. The van der Waals surface area contributed by atoms with Gasteiger partial charge in [0, 0.05) is 6.20 Å². The van der Waals surface area contributed by atoms with E-state index in [9.17, 15) is 4.79 Å². The predicted molar refractivity (Wildman–Crippen MR) is 68.5 cm³/mol. The van der Waals surface area contributed by atoms with Crippen molar-refractivity contribution in [3.05, 3.63) is 12.3 Å². The lowest BCUT2D eigenvalue weighted by Crippen LogP contribution is -2.23. The van der Waals surface area contributed by atoms with E-state index in [4.69, 9.17) is 4.74 Å². The van der Waals surface area contributed by atoms with Crippen LogP contribution in [-0.2, 0) is 4.74 Å². The summed E-state index contributed by atoms with van der Waals surface area (Å²) in [4.78, 5) is 13.3. The average molecular weight is 254 g/mol. The third-order valence-corrected chi connectivity index (χ3v) is 3.71. The summed E-state index contributed by atoms with van der Waals surface area (Å²) in [5.41, 5.74) is 0. The molecule has 0 bridgehead atoms. The first-order chi connectivity index (χ1) is 8.31. The van der Waals surface area contributed by atoms with E-state index in [1.54, 1.807) is 11.1 Å². The van der Waals surface area contributed by atoms with E-state index in [0.717, 1.165) is 17.8 Å². The molecule has 4 nitrogen and oxygen atoms in total. The Morgan fingerprint density at radius 3 is 3.12 bits per heavy atom. The van der Waals surface area contributed by atoms with E-state index >= 15 is 0 Å². The molecule has 1 fully saturated rings. The lowest BCUT2D eigenvalue weighted by atomic mass is 10.1. The van der Waals surface area contributed by atoms with Gasteiger partial charge >= 0.3 is 6.09 Å². The maximum absolute atomic E-state index is 11.7. The molecular formula is C12H18N2O2S. The molecule has 2 rings (SSSR count). The van der Waals surface area contributed by atoms with Crippen molar-refractivity contribution >= 4 is 22.6 Å². The normalized spacial score (nSPS) is 19.7. The topological polar surface area (TPSA) is 42.4 Å². The van der Waals surface area contributed by atoms with E-state index < -0.39 is 0 Å². The molecule has 1 aliphatic rings. The second kappa shape index (κ2) is 6.00. The molecule has 0 aliphatic carbocycles. The Labute approximate surface area is 106 Å². The van der Waals surface area contributed by atoms with Crippen LogP contribution in [-0.4, -0.2) is 23.1 Å². The zero-order valence-electron chi connectivity index (χ0n) is 10.1. The summed E-state index contributed by atoms with van der Waals surface area (Å²) in [5.74, 6) is 0. The predicted octanol–water partition coefficient (Wildman–Crippen LogP) is 3.44. The number of cyclic esters (lactones) is 1. The minimum absolute atomic E-state index is 0.0569. The van der Waals surface area contributed by atoms with Crippen LogP contribution in [0.1, 0.15) is 39.0 Å². The van der Waals surface area contributed by atoms with Crippen LogP contribution >= 0.6 is 11.5 Å². The van der Waals surface area contributed by atoms with Crippen molar-refractivity contribution in [1.29, 1.82) is 0 Å². The Hall–Kier alpha value is -1.10. The Kier molecular flexibility index (Phi) is 4.36. The highest BCUT2D eigenvalue weighted by molar-refractivity contribution is 7.10. The molecule has 1 aliphatic heterocycles. The highest BCUT2D eigenvalue weighted by Gasteiger charge is 2.32. The van der Waals surface area contributed by atoms with E-state index in [-0.39, 0.29) is 12.2 Å². The summed E-state index contributed by atoms with van der Waals surface area (Å²) in [6.07, 6.45) is 7.38. The fourth-order valence-electron chi connectivity index (χ4n) is 2.00. The number of amides is 1. The molecule has 2 heterocycles. The van der Waals surface area contributed by atoms with E-state index in [1.807, 2.05) is 6.07 Å². The molecule has 0 N–H and O–H groups in total. The molecule has 5 heteroatoms. The van der Waals surface area contributed by atoms with Crippen LogP contribution in [0.2, 0.25) is 0 Å². The van der Waals surface area contributed by atoms with Crippen molar-refractivity contribution in [3.8, 4) is 0 Å². The lowest BCUT2D eigenvalue weighted by Gasteiger charge is -2.08. The number of rotatable bonds is 6. The van der Waals surface area contributed by atoms with E-state index in [0.29, 0.717) is 6.54 Å². The van der Waals surface area contributed by atoms with Crippen LogP contribution in [0.5, 0.6) is 0 Å². The molecule has 1 aromatic heterocycles. The van der Waals surface area contributed by atoms with Gasteiger partial charge in [0.1, 0.15) is 11.1 Å². The quantitative estimate of drug-likeness (QED) is 0.730. The molecule has 94 valence electrons. The number of nitrogens with zero attached hydrogens (tertiary/aromatic N) is 2. The molecule has 1 amide bonds. The van der Waals surface area contributed by atoms with Gasteiger partial charge in [-0.2, -0.15) is 4.37 Å². The Bertz CT molecular complexity index is 353. The molecule has 0 unspecified atom stereocenters. The van der Waals surface area contributed by atoms with Crippen molar-refractivity contribution in [2.45, 2.75) is 45.1 Å². The third-order valence-electron chi connectivity index (χ3n) is 2.94. The number of anilines is 1. The summed E-state index contributed by atoms with van der Waals surface area (Å²) in [7, 11) is 0. The smallest absolute Gasteiger partial charge is 0.415 e. The lowest BCUT2D eigenvalue weighted by molar-refractivity contribution is 0.135. The number of carbonyl (C=O) groups excluding carboxylic acids is 1. The number of aromatic nitrogens is 1. The van der Waals surface area contributed by atoms with Crippen molar-refractivity contribution in [3.63, 3.8) is 0 Å². The van der Waals surface area contributed by atoms with Crippen molar-refractivity contribution in [1.82, 2.24) is 4.37 Å². The first-order valence-electron chi connectivity index (χ1n) is 6.20. The van der Waals surface area contributed by atoms with Gasteiger partial charge in [-0.05, 0) is 30.4 Å². The zero-order chi connectivity index (χ0) is 12.1. The van der Waals surface area contributed by atoms with Crippen LogP contribution in [0, 0.1) is 0 Å². The zero-order valence-corrected chi connectivity index (χ0v) is 10.9. The minimum Gasteiger partial charge on any atom is -0.444 e. The summed E-state index contributed by atoms with van der Waals surface area (Å²) in [5, 5.41) is 0.881. The van der Waals surface area contributed by atoms with Gasteiger partial charge in [0.2, 0.25) is 0 Å². The fraction of sp³-hybridized carbons (Fsp3) is 0.667. The minimum atomic E-state index is -0.227. The molecule has 1 aromatic rings. The number of ether oxygens (including phenoxy) is 1. The van der Waals surface area contributed by atoms with Crippen molar-refractivity contribution < 1.29 is 9.53 Å². The number of hydrogen-bond donors (Lipinski definition) is 0. The summed E-state index contributed by atoms with van der Waals surface area (Å²) >= 11 is 1.33. The third kappa shape index (κ3) is 3.19. The molecule has 1 saturated heterocycles. The average Bonchev–Trinajstić information content (AvgIpc) is 2.93. The first-order valence-corrected chi connectivity index (χ1v) is 6.97. The Balaban J connectivity index is 1.79. The van der Waals surface area contributed by atoms with Crippen LogP contribution < -0.4 is 4.90 Å². The van der Waals surface area contributed by atoms with E-state index in [2.05, 4.69) is 11.3 Å². The molecule has 1 atom stereocenters. The second-order valence-electron chi connectivity index (χ2n) is 4.32. The SMILES string of the molecule is CCCCCC[C@@H]1CN(c2ccns2)C(=O)O1. The van der Waals surface area contributed by atoms with Crippen LogP contribution in [0.3, 0.4) is 0 Å². The monoisotopic (exact) mass is 254 g/mol. The fourth-order valence-corrected chi connectivity index (χ4v) is 2.60. The Morgan fingerprint density at radius 1 is 1.53 bits per heavy atom. The van der Waals surface area contributed by atoms with Gasteiger partial charge in [-0.25, -0.2) is 4.79 Å².